The maximum Gasteiger partial charge on any atom is 0.134 e. The Labute approximate surface area is 188 Å². The second-order valence-electron chi connectivity index (χ2n) is 8.53. The Balaban J connectivity index is 1.20. The van der Waals surface area contributed by atoms with Crippen molar-refractivity contribution in [1.82, 2.24) is 30.5 Å². The van der Waals surface area contributed by atoms with E-state index in [0.29, 0.717) is 12.0 Å². The minimum Gasteiger partial charge on any atom is -0.314 e. The summed E-state index contributed by atoms with van der Waals surface area (Å²) in [5.41, 5.74) is 9.45. The van der Waals surface area contributed by atoms with Crippen LogP contribution in [-0.4, -0.2) is 45.8 Å². The van der Waals surface area contributed by atoms with Crippen LogP contribution in [0.4, 0.5) is 0 Å². The van der Waals surface area contributed by atoms with Gasteiger partial charge in [0.2, 0.25) is 0 Å². The van der Waals surface area contributed by atoms with Gasteiger partial charge in [0.05, 0.1) is 6.04 Å². The SMILES string of the molecule is Clc1ccc(C2NNCC2CN2CCc3nnc(CCc4ccccc4)n3CC2)cc1. The summed E-state index contributed by atoms with van der Waals surface area (Å²) < 4.78 is 2.35. The number of fused-ring (bicyclic) bond motifs is 1. The summed E-state index contributed by atoms with van der Waals surface area (Å²) in [6, 6.07) is 19.1. The van der Waals surface area contributed by atoms with Crippen molar-refractivity contribution >= 4 is 11.6 Å². The van der Waals surface area contributed by atoms with Crippen molar-refractivity contribution in [3.05, 3.63) is 82.4 Å². The second kappa shape index (κ2) is 9.49. The summed E-state index contributed by atoms with van der Waals surface area (Å²) in [6.07, 6.45) is 2.90. The summed E-state index contributed by atoms with van der Waals surface area (Å²) in [6.45, 7) is 5.06. The van der Waals surface area contributed by atoms with E-state index < -0.39 is 0 Å². The maximum atomic E-state index is 6.07. The highest BCUT2D eigenvalue weighted by molar-refractivity contribution is 6.30. The zero-order valence-corrected chi connectivity index (χ0v) is 18.4. The van der Waals surface area contributed by atoms with Crippen molar-refractivity contribution in [3.63, 3.8) is 0 Å². The first-order valence-corrected chi connectivity index (χ1v) is 11.5. The van der Waals surface area contributed by atoms with Gasteiger partial charge in [-0.05, 0) is 29.7 Å². The van der Waals surface area contributed by atoms with Crippen LogP contribution in [0.3, 0.4) is 0 Å². The molecule has 0 spiro atoms. The largest absolute Gasteiger partial charge is 0.314 e. The molecule has 2 unspecified atom stereocenters. The highest BCUT2D eigenvalue weighted by Gasteiger charge is 2.30. The summed E-state index contributed by atoms with van der Waals surface area (Å²) in [5, 5.41) is 9.80. The van der Waals surface area contributed by atoms with Crippen molar-refractivity contribution in [2.24, 2.45) is 5.92 Å². The average Bonchev–Trinajstić information content (AvgIpc) is 3.36. The molecule has 2 aromatic carbocycles. The van der Waals surface area contributed by atoms with E-state index >= 15 is 0 Å². The molecule has 162 valence electrons. The van der Waals surface area contributed by atoms with Crippen LogP contribution < -0.4 is 10.9 Å². The van der Waals surface area contributed by atoms with E-state index in [1.807, 2.05) is 12.1 Å². The predicted molar refractivity (Wildman–Crippen MR) is 123 cm³/mol. The molecule has 7 heteroatoms. The molecular formula is C24H29ClN6. The normalized spacial score (nSPS) is 21.7. The predicted octanol–water partition coefficient (Wildman–Crippen LogP) is 3.04. The molecule has 0 bridgehead atoms. The highest BCUT2D eigenvalue weighted by atomic mass is 35.5. The van der Waals surface area contributed by atoms with E-state index in [4.69, 9.17) is 11.6 Å². The Morgan fingerprint density at radius 2 is 1.77 bits per heavy atom. The molecule has 0 radical (unpaired) electrons. The Bertz CT molecular complexity index is 987. The van der Waals surface area contributed by atoms with Gasteiger partial charge in [-0.25, -0.2) is 5.43 Å². The summed E-state index contributed by atoms with van der Waals surface area (Å²) in [4.78, 5) is 2.58. The molecule has 3 aromatic rings. The van der Waals surface area contributed by atoms with Gasteiger partial charge < -0.3 is 9.47 Å². The number of hydrazine groups is 1. The van der Waals surface area contributed by atoms with Gasteiger partial charge in [-0.3, -0.25) is 5.43 Å². The van der Waals surface area contributed by atoms with E-state index in [1.165, 1.54) is 11.1 Å². The Hall–Kier alpha value is -2.25. The van der Waals surface area contributed by atoms with E-state index in [1.54, 1.807) is 0 Å². The van der Waals surface area contributed by atoms with E-state index in [0.717, 1.165) is 68.7 Å². The third kappa shape index (κ3) is 4.83. The monoisotopic (exact) mass is 436 g/mol. The minimum absolute atomic E-state index is 0.306. The van der Waals surface area contributed by atoms with Crippen molar-refractivity contribution in [1.29, 1.82) is 0 Å². The van der Waals surface area contributed by atoms with Gasteiger partial charge in [0.25, 0.3) is 0 Å². The highest BCUT2D eigenvalue weighted by Crippen LogP contribution is 2.27. The molecule has 2 N–H and O–H groups in total. The van der Waals surface area contributed by atoms with Crippen LogP contribution in [-0.2, 0) is 25.8 Å². The van der Waals surface area contributed by atoms with Crippen LogP contribution in [0.5, 0.6) is 0 Å². The minimum atomic E-state index is 0.306. The molecule has 5 rings (SSSR count). The fraction of sp³-hybridized carbons (Fsp3) is 0.417. The third-order valence-corrected chi connectivity index (χ3v) is 6.74. The molecule has 0 saturated carbocycles. The summed E-state index contributed by atoms with van der Waals surface area (Å²) >= 11 is 6.07. The van der Waals surface area contributed by atoms with Crippen molar-refractivity contribution in [2.75, 3.05) is 26.2 Å². The van der Waals surface area contributed by atoms with E-state index in [-0.39, 0.29) is 0 Å². The van der Waals surface area contributed by atoms with Crippen molar-refractivity contribution < 1.29 is 0 Å². The molecule has 0 aliphatic carbocycles. The second-order valence-corrected chi connectivity index (χ2v) is 8.97. The lowest BCUT2D eigenvalue weighted by Gasteiger charge is -2.26. The first kappa shape index (κ1) is 20.6. The molecule has 1 saturated heterocycles. The Morgan fingerprint density at radius 1 is 0.935 bits per heavy atom. The first-order chi connectivity index (χ1) is 15.3. The topological polar surface area (TPSA) is 58.0 Å². The number of nitrogens with zero attached hydrogens (tertiary/aromatic N) is 4. The fourth-order valence-corrected chi connectivity index (χ4v) is 4.88. The van der Waals surface area contributed by atoms with Crippen LogP contribution in [0.1, 0.15) is 28.8 Å². The molecule has 0 amide bonds. The van der Waals surface area contributed by atoms with E-state index in [9.17, 15) is 0 Å². The Morgan fingerprint density at radius 3 is 2.61 bits per heavy atom. The average molecular weight is 437 g/mol. The molecule has 6 nitrogen and oxygen atoms in total. The zero-order chi connectivity index (χ0) is 21.0. The summed E-state index contributed by atoms with van der Waals surface area (Å²) in [5.74, 6) is 2.76. The molecule has 1 fully saturated rings. The number of halogens is 1. The molecule has 1 aromatic heterocycles. The lowest BCUT2D eigenvalue weighted by molar-refractivity contribution is 0.229. The van der Waals surface area contributed by atoms with Gasteiger partial charge in [0.15, 0.2) is 0 Å². The van der Waals surface area contributed by atoms with Crippen LogP contribution in [0.2, 0.25) is 5.02 Å². The molecule has 2 aliphatic heterocycles. The van der Waals surface area contributed by atoms with Gasteiger partial charge in [-0.2, -0.15) is 0 Å². The molecule has 3 heterocycles. The molecule has 2 atom stereocenters. The number of aromatic nitrogens is 3. The van der Waals surface area contributed by atoms with Crippen LogP contribution in [0.25, 0.3) is 0 Å². The Kier molecular flexibility index (Phi) is 6.32. The maximum absolute atomic E-state index is 6.07. The summed E-state index contributed by atoms with van der Waals surface area (Å²) in [7, 11) is 0. The number of aryl methyl sites for hydroxylation is 2. The number of benzene rings is 2. The van der Waals surface area contributed by atoms with Crippen LogP contribution >= 0.6 is 11.6 Å². The number of nitrogens with one attached hydrogen (secondary N) is 2. The first-order valence-electron chi connectivity index (χ1n) is 11.2. The van der Waals surface area contributed by atoms with Gasteiger partial charge in [-0.15, -0.1) is 10.2 Å². The lowest BCUT2D eigenvalue weighted by Crippen LogP contribution is -2.35. The van der Waals surface area contributed by atoms with E-state index in [2.05, 4.69) is 73.0 Å². The number of hydrogen-bond donors (Lipinski definition) is 2. The smallest absolute Gasteiger partial charge is 0.134 e. The fourth-order valence-electron chi connectivity index (χ4n) is 4.76. The van der Waals surface area contributed by atoms with Gasteiger partial charge in [0, 0.05) is 56.5 Å². The van der Waals surface area contributed by atoms with Crippen molar-refractivity contribution in [3.8, 4) is 0 Å². The molecule has 31 heavy (non-hydrogen) atoms. The standard InChI is InChI=1S/C24H29ClN6/c25-21-9-7-19(8-10-21)24-20(16-26-29-24)17-30-13-12-23-28-27-22(31(23)15-14-30)11-6-18-4-2-1-3-5-18/h1-5,7-10,20,24,26,29H,6,11-17H2. The quantitative estimate of drug-likeness (QED) is 0.622. The number of rotatable bonds is 6. The van der Waals surface area contributed by atoms with Crippen LogP contribution in [0, 0.1) is 5.92 Å². The van der Waals surface area contributed by atoms with Crippen molar-refractivity contribution in [2.45, 2.75) is 31.8 Å². The molecular weight excluding hydrogens is 408 g/mol. The zero-order valence-electron chi connectivity index (χ0n) is 17.7. The van der Waals surface area contributed by atoms with Gasteiger partial charge in [-0.1, -0.05) is 54.1 Å². The third-order valence-electron chi connectivity index (χ3n) is 6.49. The molecule has 2 aliphatic rings. The van der Waals surface area contributed by atoms with Gasteiger partial charge in [0.1, 0.15) is 11.6 Å². The van der Waals surface area contributed by atoms with Gasteiger partial charge >= 0.3 is 0 Å². The number of hydrogen-bond acceptors (Lipinski definition) is 5. The van der Waals surface area contributed by atoms with Crippen LogP contribution in [0.15, 0.2) is 54.6 Å². The lowest BCUT2D eigenvalue weighted by atomic mass is 9.94.